The number of hydrogen-bond acceptors (Lipinski definition) is 9. The lowest BCUT2D eigenvalue weighted by molar-refractivity contribution is -0.143. The number of hydrogen-bond donors (Lipinski definition) is 1. The van der Waals surface area contributed by atoms with Crippen molar-refractivity contribution in [1.82, 2.24) is 9.99 Å². The standard InChI is InChI=1S/C28H47N2O7PS/c1-19(2)30(20(3)4)38(35-16-17-39-25(32)27(5,6)7)37-22-14-12-21(13-15-22)18-23(24(31)34-11)29-26(33)36-28(8,9)10/h12-15,19-20,23H,16-18H2,1-11H3,(H,29,33)/t23-,38?/m0/s1. The third-order valence-corrected chi connectivity index (χ3v) is 8.42. The van der Waals surface area contributed by atoms with Crippen LogP contribution in [0.3, 0.4) is 0 Å². The van der Waals surface area contributed by atoms with Gasteiger partial charge in [0.05, 0.1) is 13.7 Å². The molecule has 222 valence electrons. The zero-order valence-electron chi connectivity index (χ0n) is 25.3. The van der Waals surface area contributed by atoms with Gasteiger partial charge in [0.25, 0.3) is 0 Å². The molecule has 1 aromatic carbocycles. The number of ether oxygens (including phenoxy) is 2. The van der Waals surface area contributed by atoms with Gasteiger partial charge in [0.15, 0.2) is 5.12 Å². The number of carbonyl (C=O) groups excluding carboxylic acids is 3. The van der Waals surface area contributed by atoms with Crippen LogP contribution in [0.4, 0.5) is 4.79 Å². The quantitative estimate of drug-likeness (QED) is 0.161. The van der Waals surface area contributed by atoms with Gasteiger partial charge < -0.3 is 23.8 Å². The third-order valence-electron chi connectivity index (χ3n) is 5.10. The van der Waals surface area contributed by atoms with E-state index in [4.69, 9.17) is 18.5 Å². The minimum atomic E-state index is -1.44. The molecule has 0 spiro atoms. The van der Waals surface area contributed by atoms with Gasteiger partial charge in [0.1, 0.15) is 17.4 Å². The molecule has 0 fully saturated rings. The van der Waals surface area contributed by atoms with E-state index in [1.165, 1.54) is 18.9 Å². The summed E-state index contributed by atoms with van der Waals surface area (Å²) in [6.45, 7) is 19.7. The molecule has 0 aromatic heterocycles. The molecule has 9 nitrogen and oxygen atoms in total. The van der Waals surface area contributed by atoms with Crippen molar-refractivity contribution >= 4 is 37.5 Å². The second-order valence-electron chi connectivity index (χ2n) is 11.7. The molecule has 0 saturated heterocycles. The second-order valence-corrected chi connectivity index (χ2v) is 14.1. The smallest absolute Gasteiger partial charge is 0.408 e. The van der Waals surface area contributed by atoms with Crippen molar-refractivity contribution in [3.05, 3.63) is 29.8 Å². The Morgan fingerprint density at radius 3 is 2.00 bits per heavy atom. The Labute approximate surface area is 240 Å². The molecule has 0 heterocycles. The maximum Gasteiger partial charge on any atom is 0.408 e. The fourth-order valence-electron chi connectivity index (χ4n) is 3.38. The molecular weight excluding hydrogens is 539 g/mol. The van der Waals surface area contributed by atoms with E-state index in [2.05, 4.69) is 37.7 Å². The van der Waals surface area contributed by atoms with Crippen molar-refractivity contribution in [2.45, 2.75) is 99.4 Å². The lowest BCUT2D eigenvalue weighted by Gasteiger charge is -2.35. The molecule has 0 bridgehead atoms. The number of amides is 1. The van der Waals surface area contributed by atoms with Gasteiger partial charge in [0.2, 0.25) is 0 Å². The van der Waals surface area contributed by atoms with Gasteiger partial charge in [-0.2, -0.15) is 0 Å². The summed E-state index contributed by atoms with van der Waals surface area (Å²) >= 11 is 1.27. The Balaban J connectivity index is 2.95. The molecule has 0 saturated carbocycles. The second kappa shape index (κ2) is 15.8. The summed E-state index contributed by atoms with van der Waals surface area (Å²) in [5.41, 5.74) is -0.281. The highest BCUT2D eigenvalue weighted by Crippen LogP contribution is 2.46. The number of nitrogens with zero attached hydrogens (tertiary/aromatic N) is 1. The van der Waals surface area contributed by atoms with Gasteiger partial charge in [-0.3, -0.25) is 4.79 Å². The zero-order chi connectivity index (χ0) is 30.0. The first-order valence-electron chi connectivity index (χ1n) is 13.2. The van der Waals surface area contributed by atoms with Gasteiger partial charge in [-0.15, -0.1) is 0 Å². The fourth-order valence-corrected chi connectivity index (χ4v) is 5.87. The number of esters is 1. The molecule has 0 aliphatic rings. The van der Waals surface area contributed by atoms with Crippen LogP contribution in [0.15, 0.2) is 24.3 Å². The van der Waals surface area contributed by atoms with E-state index >= 15 is 0 Å². The Morgan fingerprint density at radius 2 is 1.54 bits per heavy atom. The van der Waals surface area contributed by atoms with Crippen LogP contribution < -0.4 is 9.84 Å². The van der Waals surface area contributed by atoms with E-state index in [1.54, 1.807) is 20.8 Å². The van der Waals surface area contributed by atoms with Gasteiger partial charge in [0, 0.05) is 29.7 Å². The molecule has 2 atom stereocenters. The minimum Gasteiger partial charge on any atom is -0.467 e. The van der Waals surface area contributed by atoms with E-state index in [-0.39, 0.29) is 23.6 Å². The molecule has 1 amide bonds. The van der Waals surface area contributed by atoms with Crippen LogP contribution in [0.2, 0.25) is 0 Å². The Morgan fingerprint density at radius 1 is 0.974 bits per heavy atom. The van der Waals surface area contributed by atoms with Crippen molar-refractivity contribution in [2.75, 3.05) is 19.5 Å². The summed E-state index contributed by atoms with van der Waals surface area (Å²) in [6, 6.07) is 6.75. The van der Waals surface area contributed by atoms with Crippen LogP contribution in [0, 0.1) is 5.41 Å². The molecular formula is C28H47N2O7PS. The van der Waals surface area contributed by atoms with Gasteiger partial charge in [-0.25, -0.2) is 14.3 Å². The van der Waals surface area contributed by atoms with Crippen LogP contribution in [0.5, 0.6) is 5.75 Å². The van der Waals surface area contributed by atoms with Gasteiger partial charge in [-0.05, 0) is 66.2 Å². The number of nitrogens with one attached hydrogen (secondary N) is 1. The van der Waals surface area contributed by atoms with E-state index in [9.17, 15) is 14.4 Å². The van der Waals surface area contributed by atoms with Crippen LogP contribution >= 0.6 is 20.3 Å². The summed E-state index contributed by atoms with van der Waals surface area (Å²) in [4.78, 5) is 36.8. The average Bonchev–Trinajstić information content (AvgIpc) is 2.79. The number of carbonyl (C=O) groups is 3. The van der Waals surface area contributed by atoms with Gasteiger partial charge >= 0.3 is 20.6 Å². The van der Waals surface area contributed by atoms with E-state index < -0.39 is 37.6 Å². The van der Waals surface area contributed by atoms with Crippen LogP contribution in [0.1, 0.15) is 74.8 Å². The van der Waals surface area contributed by atoms with Crippen molar-refractivity contribution in [2.24, 2.45) is 5.41 Å². The lowest BCUT2D eigenvalue weighted by Crippen LogP contribution is -2.45. The number of thioether (sulfide) groups is 1. The maximum atomic E-state index is 12.3. The molecule has 1 rings (SSSR count). The van der Waals surface area contributed by atoms with Crippen molar-refractivity contribution in [3.8, 4) is 5.75 Å². The molecule has 39 heavy (non-hydrogen) atoms. The van der Waals surface area contributed by atoms with Crippen molar-refractivity contribution < 1.29 is 32.9 Å². The molecule has 1 N–H and O–H groups in total. The average molecular weight is 587 g/mol. The number of benzene rings is 1. The predicted octanol–water partition coefficient (Wildman–Crippen LogP) is 6.34. The van der Waals surface area contributed by atoms with E-state index in [1.807, 2.05) is 45.0 Å². The number of rotatable bonds is 13. The first-order valence-corrected chi connectivity index (χ1v) is 15.3. The largest absolute Gasteiger partial charge is 0.467 e. The summed E-state index contributed by atoms with van der Waals surface area (Å²) < 4.78 is 24.8. The van der Waals surface area contributed by atoms with Crippen LogP contribution in [-0.2, 0) is 30.0 Å². The highest BCUT2D eigenvalue weighted by atomic mass is 32.2. The summed E-state index contributed by atoms with van der Waals surface area (Å²) in [5, 5.41) is 2.72. The molecule has 1 aromatic rings. The van der Waals surface area contributed by atoms with Gasteiger partial charge in [-0.1, -0.05) is 44.7 Å². The highest BCUT2D eigenvalue weighted by molar-refractivity contribution is 8.13. The maximum absolute atomic E-state index is 12.3. The molecule has 11 heteroatoms. The SMILES string of the molecule is COC(=O)[C@H](Cc1ccc(OP(OCCSC(=O)C(C)(C)C)N(C(C)C)C(C)C)cc1)NC(=O)OC(C)(C)C. The van der Waals surface area contributed by atoms with E-state index in [0.717, 1.165) is 5.56 Å². The highest BCUT2D eigenvalue weighted by Gasteiger charge is 2.30. The summed E-state index contributed by atoms with van der Waals surface area (Å²) in [7, 11) is -0.166. The predicted molar refractivity (Wildman–Crippen MR) is 158 cm³/mol. The molecule has 0 aliphatic heterocycles. The Bertz CT molecular complexity index is 919. The number of methoxy groups -OCH3 is 1. The monoisotopic (exact) mass is 586 g/mol. The Hall–Kier alpha value is -1.87. The van der Waals surface area contributed by atoms with Crippen LogP contribution in [-0.4, -0.2) is 65.0 Å². The minimum absolute atomic E-state index is 0.128. The fraction of sp³-hybridized carbons (Fsp3) is 0.679. The summed E-state index contributed by atoms with van der Waals surface area (Å²) in [5.74, 6) is 0.593. The number of alkyl carbamates (subject to hydrolysis) is 1. The molecule has 0 aliphatic carbocycles. The zero-order valence-corrected chi connectivity index (χ0v) is 27.0. The van der Waals surface area contributed by atoms with E-state index in [0.29, 0.717) is 18.1 Å². The first-order chi connectivity index (χ1) is 17.9. The third kappa shape index (κ3) is 13.4. The first kappa shape index (κ1) is 35.2. The summed E-state index contributed by atoms with van der Waals surface area (Å²) in [6.07, 6.45) is -0.467. The normalized spacial score (nSPS) is 13.8. The van der Waals surface area contributed by atoms with Crippen molar-refractivity contribution in [1.29, 1.82) is 0 Å². The van der Waals surface area contributed by atoms with Crippen LogP contribution in [0.25, 0.3) is 0 Å². The lowest BCUT2D eigenvalue weighted by atomic mass is 10.00. The topological polar surface area (TPSA) is 103 Å². The Kier molecular flexibility index (Phi) is 14.2. The molecule has 0 radical (unpaired) electrons. The molecule has 1 unspecified atom stereocenters. The van der Waals surface area contributed by atoms with Crippen molar-refractivity contribution in [3.63, 3.8) is 0 Å².